The number of aliphatic hydroxyl groups excluding tert-OH is 12. The molecule has 0 fully saturated rings. The van der Waals surface area contributed by atoms with Crippen molar-refractivity contribution in [1.29, 1.82) is 0 Å². The van der Waals surface area contributed by atoms with Crippen molar-refractivity contribution in [3.05, 3.63) is 0 Å². The molecule has 0 amide bonds. The molecule has 26 heteroatoms. The van der Waals surface area contributed by atoms with E-state index in [2.05, 4.69) is 11.8 Å². The average Bonchev–Trinajstić information content (AvgIpc) is 0.985. The van der Waals surface area contributed by atoms with Crippen molar-refractivity contribution in [2.75, 3.05) is 92.5 Å². The molecule has 0 saturated heterocycles. The Morgan fingerprint density at radius 3 is 0.292 bits per heavy atom. The van der Waals surface area contributed by atoms with E-state index in [1.54, 1.807) is 0 Å². The molecule has 0 saturated carbocycles. The highest BCUT2D eigenvalue weighted by atomic mass is 16.6. The van der Waals surface area contributed by atoms with Gasteiger partial charge in [-0.05, 0) is 368 Å². The highest BCUT2D eigenvalue weighted by Gasteiger charge is 2.22. The molecule has 0 spiro atoms. The molecule has 137 heavy (non-hydrogen) atoms. The third-order valence-electron chi connectivity index (χ3n) is 15.5. The van der Waals surface area contributed by atoms with E-state index in [9.17, 15) is 0 Å². The molecule has 26 nitrogen and oxygen atoms in total. The van der Waals surface area contributed by atoms with E-state index in [-0.39, 0.29) is 152 Å². The zero-order valence-corrected chi connectivity index (χ0v) is 100. The summed E-state index contributed by atoms with van der Waals surface area (Å²) in [6.45, 7) is 113. The maximum absolute atomic E-state index is 9.10. The summed E-state index contributed by atoms with van der Waals surface area (Å²) in [4.78, 5) is 0. The van der Waals surface area contributed by atoms with Gasteiger partial charge >= 0.3 is 0 Å². The minimum Gasteiger partial charge on any atom is -0.391 e. The van der Waals surface area contributed by atoms with E-state index in [1.807, 2.05) is 374 Å². The SMILES string of the molecule is C#CCCOC(C)(C)C.C#CCOC(C)(C)C.CCC(O)COC(C)(C)C.CCC(O)COC(C)(C)C.CCC(O)COC(C)(C)C.CCC(O)COC(C)(C)C.CC[C@@H](O)COC(C)(C)C.CC[C@@H](O)COC(C)(C)C.CC[C@@H](O)COC(C)(C)C.CC[C@@H](O)COC(C)(C)C.CC[C@H](O)COC(C)(C)C.CC[C@H](O)COC(C)(C)C.CC[C@H](O)COC(C)(C)C.CC[C@H](O)COC(C)(C)C. The third-order valence-corrected chi connectivity index (χ3v) is 15.5. The predicted molar refractivity (Wildman–Crippen MR) is 578 cm³/mol. The van der Waals surface area contributed by atoms with Crippen LogP contribution in [0.2, 0.25) is 0 Å². The molecule has 0 aliphatic carbocycles. The molecule has 0 aromatic carbocycles. The van der Waals surface area contributed by atoms with Crippen LogP contribution in [-0.4, -0.2) is 305 Å². The summed E-state index contributed by atoms with van der Waals surface area (Å²) in [7, 11) is 0. The second kappa shape index (κ2) is 91.5. The summed E-state index contributed by atoms with van der Waals surface area (Å²) >= 11 is 0. The Bertz CT molecular complexity index is 2000. The largest absolute Gasteiger partial charge is 0.391 e. The first kappa shape index (κ1) is 166. The van der Waals surface area contributed by atoms with Crippen LogP contribution in [0.3, 0.4) is 0 Å². The van der Waals surface area contributed by atoms with Gasteiger partial charge in [0.25, 0.3) is 0 Å². The molecule has 0 aromatic heterocycles. The average molecular weight is 1990 g/mol. The Labute approximate surface area is 849 Å². The van der Waals surface area contributed by atoms with Crippen molar-refractivity contribution in [3.63, 3.8) is 0 Å². The van der Waals surface area contributed by atoms with Crippen LogP contribution in [0.15, 0.2) is 0 Å². The van der Waals surface area contributed by atoms with Gasteiger partial charge in [-0.3, -0.25) is 0 Å². The first-order valence-electron chi connectivity index (χ1n) is 51.1. The number of terminal acetylenes is 2. The lowest BCUT2D eigenvalue weighted by atomic mass is 10.2. The Morgan fingerprint density at radius 1 is 0.153 bits per heavy atom. The van der Waals surface area contributed by atoms with Crippen molar-refractivity contribution in [2.24, 2.45) is 0 Å². The van der Waals surface area contributed by atoms with Crippen molar-refractivity contribution in [2.45, 2.75) is 609 Å². The van der Waals surface area contributed by atoms with Gasteiger partial charge < -0.3 is 128 Å². The maximum atomic E-state index is 9.10. The Hall–Kier alpha value is -1.92. The van der Waals surface area contributed by atoms with Crippen LogP contribution in [0.1, 0.15) is 457 Å². The lowest BCUT2D eigenvalue weighted by Gasteiger charge is -2.21. The lowest BCUT2D eigenvalue weighted by Crippen LogP contribution is -2.25. The van der Waals surface area contributed by atoms with Gasteiger partial charge in [-0.25, -0.2) is 0 Å². The molecule has 4 unspecified atom stereocenters. The van der Waals surface area contributed by atoms with E-state index >= 15 is 0 Å². The van der Waals surface area contributed by atoms with E-state index in [4.69, 9.17) is 140 Å². The van der Waals surface area contributed by atoms with Gasteiger partial charge in [0, 0.05) is 6.42 Å². The van der Waals surface area contributed by atoms with Crippen molar-refractivity contribution < 1.29 is 128 Å². The summed E-state index contributed by atoms with van der Waals surface area (Å²) in [6, 6.07) is 0. The lowest BCUT2D eigenvalue weighted by molar-refractivity contribution is -0.0493. The summed E-state index contributed by atoms with van der Waals surface area (Å²) in [5.74, 6) is 4.92. The van der Waals surface area contributed by atoms with Gasteiger partial charge in [-0.1, -0.05) is 89.0 Å². The molecule has 0 aromatic rings. The summed E-state index contributed by atoms with van der Waals surface area (Å²) in [5, 5.41) is 109. The zero-order chi connectivity index (χ0) is 112. The van der Waals surface area contributed by atoms with E-state index in [0.29, 0.717) is 98.9 Å². The van der Waals surface area contributed by atoms with E-state index in [1.165, 1.54) is 0 Å². The van der Waals surface area contributed by atoms with Gasteiger partial charge in [0.15, 0.2) is 0 Å². The number of aliphatic hydroxyl groups is 12. The summed E-state index contributed by atoms with van der Waals surface area (Å²) < 4.78 is 74.5. The van der Waals surface area contributed by atoms with Gasteiger partial charge in [0.05, 0.1) is 238 Å². The molecular formula is C111H242O26. The normalized spacial score (nSPS) is 14.7. The monoisotopic (exact) mass is 1990 g/mol. The van der Waals surface area contributed by atoms with E-state index < -0.39 is 0 Å². The number of rotatable bonds is 39. The molecule has 842 valence electrons. The van der Waals surface area contributed by atoms with Gasteiger partial charge in [0.1, 0.15) is 6.61 Å². The minimum absolute atomic E-state index is 0.0448. The van der Waals surface area contributed by atoms with Crippen molar-refractivity contribution in [1.82, 2.24) is 0 Å². The van der Waals surface area contributed by atoms with Crippen molar-refractivity contribution >= 4 is 0 Å². The van der Waals surface area contributed by atoms with Crippen molar-refractivity contribution in [3.8, 4) is 24.7 Å². The molecular weight excluding hydrogens is 1750 g/mol. The second-order valence-corrected chi connectivity index (χ2v) is 47.3. The molecule has 0 bridgehead atoms. The van der Waals surface area contributed by atoms with Crippen LogP contribution in [0.5, 0.6) is 0 Å². The first-order valence-corrected chi connectivity index (χ1v) is 51.1. The summed E-state index contributed by atoms with van der Waals surface area (Å²) in [5.41, 5.74) is -1.68. The van der Waals surface area contributed by atoms with Gasteiger partial charge in [0.2, 0.25) is 0 Å². The van der Waals surface area contributed by atoms with Crippen LogP contribution in [0.4, 0.5) is 0 Å². The van der Waals surface area contributed by atoms with Crippen LogP contribution >= 0.6 is 0 Å². The van der Waals surface area contributed by atoms with Crippen LogP contribution in [0, 0.1) is 24.7 Å². The third kappa shape index (κ3) is 212. The number of ether oxygens (including phenoxy) is 14. The topological polar surface area (TPSA) is 372 Å². The Kier molecular flexibility index (Phi) is 111. The maximum Gasteiger partial charge on any atom is 0.108 e. The summed E-state index contributed by atoms with van der Waals surface area (Å²) in [6.07, 6.45) is 16.1. The highest BCUT2D eigenvalue weighted by molar-refractivity contribution is 4.85. The standard InChI is InChI=1S/12C8H18O2.C8H14O.C7H12O/c12*1-5-7(9)6-10-8(2,3)4;1-5-6-7-9-8(2,3)4;1-5-6-8-7(2,3)4/h12*7,9H,5-6H2,1-4H3;1H,6-7H2,2-4H3;1H,6H2,2-4H3/t8*7-;;;;;;/m11110000....../s1. The fourth-order valence-corrected chi connectivity index (χ4v) is 6.24. The Balaban J connectivity index is -0.0000000991. The van der Waals surface area contributed by atoms with Crippen LogP contribution in [-0.2, 0) is 66.3 Å². The molecule has 0 radical (unpaired) electrons. The molecule has 12 atom stereocenters. The molecule has 0 heterocycles. The predicted octanol–water partition coefficient (Wildman–Crippen LogP) is 22.1. The van der Waals surface area contributed by atoms with Gasteiger partial charge in [-0.2, -0.15) is 0 Å². The smallest absolute Gasteiger partial charge is 0.108 e. The molecule has 0 rings (SSSR count). The Morgan fingerprint density at radius 2 is 0.241 bits per heavy atom. The molecule has 0 aliphatic heterocycles. The minimum atomic E-state index is -0.306. The zero-order valence-electron chi connectivity index (χ0n) is 100. The molecule has 0 aliphatic rings. The quantitative estimate of drug-likeness (QED) is 0.0201. The number of hydrogen-bond donors (Lipinski definition) is 12. The van der Waals surface area contributed by atoms with Crippen LogP contribution in [0.25, 0.3) is 0 Å². The molecule has 12 N–H and O–H groups in total. The van der Waals surface area contributed by atoms with Crippen LogP contribution < -0.4 is 0 Å². The van der Waals surface area contributed by atoms with Gasteiger partial charge in [-0.15, -0.1) is 18.8 Å². The fourth-order valence-electron chi connectivity index (χ4n) is 6.24. The highest BCUT2D eigenvalue weighted by Crippen LogP contribution is 2.18. The van der Waals surface area contributed by atoms with E-state index in [0.717, 1.165) is 77.0 Å². The number of hydrogen-bond acceptors (Lipinski definition) is 26. The first-order chi connectivity index (χ1) is 61.1. The fraction of sp³-hybridized carbons (Fsp3) is 0.964. The second-order valence-electron chi connectivity index (χ2n) is 47.3.